The third-order valence-corrected chi connectivity index (χ3v) is 5.36. The lowest BCUT2D eigenvalue weighted by Gasteiger charge is -2.22. The van der Waals surface area contributed by atoms with E-state index in [4.69, 9.17) is 21.1 Å². The first kappa shape index (κ1) is 20.4. The molecule has 0 aliphatic carbocycles. The Morgan fingerprint density at radius 3 is 2.50 bits per heavy atom. The predicted octanol–water partition coefficient (Wildman–Crippen LogP) is 3.93. The number of likely N-dealkylation sites (N-methyl/N-ethyl adjacent to an activating group) is 1. The highest BCUT2D eigenvalue weighted by Crippen LogP contribution is 2.31. The molecule has 0 saturated carbocycles. The number of carbonyl (C=O) groups is 1. The number of rotatable bonds is 8. The minimum atomic E-state index is -0.150. The lowest BCUT2D eigenvalue weighted by molar-refractivity contribution is -0.120. The van der Waals surface area contributed by atoms with E-state index in [1.54, 1.807) is 36.3 Å². The van der Waals surface area contributed by atoms with Crippen molar-refractivity contribution < 1.29 is 14.3 Å². The fourth-order valence-corrected chi connectivity index (χ4v) is 3.68. The molecular formula is C20H22ClN3O3S. The summed E-state index contributed by atoms with van der Waals surface area (Å²) in [5.74, 6) is 1.21. The van der Waals surface area contributed by atoms with Gasteiger partial charge in [-0.25, -0.2) is 4.98 Å². The van der Waals surface area contributed by atoms with Crippen molar-refractivity contribution >= 4 is 44.2 Å². The molecule has 28 heavy (non-hydrogen) atoms. The summed E-state index contributed by atoms with van der Waals surface area (Å²) in [7, 11) is 5.57. The molecule has 2 aromatic carbocycles. The molecule has 8 heteroatoms. The Hall–Kier alpha value is -2.35. The van der Waals surface area contributed by atoms with Gasteiger partial charge in [-0.15, -0.1) is 0 Å². The highest BCUT2D eigenvalue weighted by molar-refractivity contribution is 7.22. The zero-order valence-electron chi connectivity index (χ0n) is 16.0. The second-order valence-corrected chi connectivity index (χ2v) is 7.87. The number of methoxy groups -OCH3 is 1. The van der Waals surface area contributed by atoms with Gasteiger partial charge in [-0.3, -0.25) is 9.69 Å². The number of amides is 1. The van der Waals surface area contributed by atoms with E-state index < -0.39 is 0 Å². The molecule has 0 aliphatic rings. The molecule has 0 unspecified atom stereocenters. The van der Waals surface area contributed by atoms with Gasteiger partial charge in [0.25, 0.3) is 5.91 Å². The van der Waals surface area contributed by atoms with Crippen molar-refractivity contribution in [1.29, 1.82) is 0 Å². The number of aromatic nitrogens is 1. The maximum absolute atomic E-state index is 12.9. The molecule has 1 aromatic heterocycles. The number of benzene rings is 2. The number of anilines is 1. The molecule has 0 saturated heterocycles. The van der Waals surface area contributed by atoms with Crippen LogP contribution in [0.25, 0.3) is 10.2 Å². The van der Waals surface area contributed by atoms with Crippen LogP contribution in [-0.4, -0.2) is 56.7 Å². The van der Waals surface area contributed by atoms with Gasteiger partial charge in [0.2, 0.25) is 0 Å². The summed E-state index contributed by atoms with van der Waals surface area (Å²) in [6, 6.07) is 12.6. The van der Waals surface area contributed by atoms with E-state index in [-0.39, 0.29) is 12.5 Å². The van der Waals surface area contributed by atoms with E-state index in [0.717, 1.165) is 16.0 Å². The number of hydrogen-bond acceptors (Lipinski definition) is 6. The third-order valence-electron chi connectivity index (χ3n) is 4.06. The van der Waals surface area contributed by atoms with Gasteiger partial charge in [-0.2, -0.15) is 0 Å². The van der Waals surface area contributed by atoms with Crippen molar-refractivity contribution in [3.05, 3.63) is 47.5 Å². The number of fused-ring (bicyclic) bond motifs is 1. The van der Waals surface area contributed by atoms with E-state index >= 15 is 0 Å². The Labute approximate surface area is 173 Å². The molecule has 0 N–H and O–H groups in total. The van der Waals surface area contributed by atoms with Crippen molar-refractivity contribution in [2.75, 3.05) is 45.8 Å². The van der Waals surface area contributed by atoms with E-state index in [0.29, 0.717) is 29.0 Å². The van der Waals surface area contributed by atoms with E-state index in [1.807, 2.05) is 37.2 Å². The van der Waals surface area contributed by atoms with Gasteiger partial charge in [0.05, 0.1) is 17.3 Å². The zero-order chi connectivity index (χ0) is 20.1. The van der Waals surface area contributed by atoms with Crippen LogP contribution in [0.1, 0.15) is 0 Å². The molecule has 0 fully saturated rings. The number of thiazole rings is 1. The van der Waals surface area contributed by atoms with Gasteiger partial charge < -0.3 is 14.4 Å². The molecule has 3 rings (SSSR count). The van der Waals surface area contributed by atoms with Crippen molar-refractivity contribution in [2.45, 2.75) is 0 Å². The van der Waals surface area contributed by atoms with E-state index in [2.05, 4.69) is 4.98 Å². The summed E-state index contributed by atoms with van der Waals surface area (Å²) >= 11 is 7.35. The number of halogens is 1. The summed E-state index contributed by atoms with van der Waals surface area (Å²) in [5.41, 5.74) is 0.835. The van der Waals surface area contributed by atoms with Gasteiger partial charge in [0, 0.05) is 18.1 Å². The molecule has 0 spiro atoms. The van der Waals surface area contributed by atoms with Gasteiger partial charge in [0.15, 0.2) is 11.7 Å². The summed E-state index contributed by atoms with van der Waals surface area (Å²) in [6.45, 7) is 1.16. The Morgan fingerprint density at radius 2 is 1.82 bits per heavy atom. The van der Waals surface area contributed by atoms with Crippen LogP contribution in [-0.2, 0) is 4.79 Å². The first-order valence-corrected chi connectivity index (χ1v) is 9.94. The molecule has 0 radical (unpaired) electrons. The number of ether oxygens (including phenoxy) is 2. The standard InChI is InChI=1S/C20H22ClN3O3S/c1-23(2)10-11-24(19(25)13-27-15-6-4-14(21)5-7-15)20-22-17-9-8-16(26-3)12-18(17)28-20/h4-9,12H,10-11,13H2,1-3H3. The van der Waals surface area contributed by atoms with Crippen LogP contribution in [0.4, 0.5) is 5.13 Å². The number of nitrogens with zero attached hydrogens (tertiary/aromatic N) is 3. The van der Waals surface area contributed by atoms with Crippen molar-refractivity contribution in [2.24, 2.45) is 0 Å². The van der Waals surface area contributed by atoms with Gasteiger partial charge in [0.1, 0.15) is 11.5 Å². The summed E-state index contributed by atoms with van der Waals surface area (Å²) < 4.78 is 11.9. The molecule has 1 amide bonds. The van der Waals surface area contributed by atoms with Crippen LogP contribution >= 0.6 is 22.9 Å². The summed E-state index contributed by atoms with van der Waals surface area (Å²) in [4.78, 5) is 21.2. The fourth-order valence-electron chi connectivity index (χ4n) is 2.52. The Bertz CT molecular complexity index is 944. The zero-order valence-corrected chi connectivity index (χ0v) is 17.6. The Balaban J connectivity index is 1.79. The minimum absolute atomic E-state index is 0.0751. The van der Waals surface area contributed by atoms with Gasteiger partial charge in [-0.1, -0.05) is 22.9 Å². The van der Waals surface area contributed by atoms with Gasteiger partial charge in [-0.05, 0) is 56.6 Å². The van der Waals surface area contributed by atoms with Crippen LogP contribution < -0.4 is 14.4 Å². The lowest BCUT2D eigenvalue weighted by atomic mass is 10.3. The fraction of sp³-hybridized carbons (Fsp3) is 0.300. The largest absolute Gasteiger partial charge is 0.497 e. The quantitative estimate of drug-likeness (QED) is 0.553. The number of carbonyl (C=O) groups excluding carboxylic acids is 1. The van der Waals surface area contributed by atoms with Crippen LogP contribution in [0, 0.1) is 0 Å². The maximum atomic E-state index is 12.9. The predicted molar refractivity (Wildman–Crippen MR) is 114 cm³/mol. The normalized spacial score (nSPS) is 11.0. The van der Waals surface area contributed by atoms with Crippen LogP contribution in [0.3, 0.4) is 0 Å². The minimum Gasteiger partial charge on any atom is -0.497 e. The summed E-state index contributed by atoms with van der Waals surface area (Å²) in [5, 5.41) is 1.27. The smallest absolute Gasteiger partial charge is 0.266 e. The first-order valence-electron chi connectivity index (χ1n) is 8.74. The maximum Gasteiger partial charge on any atom is 0.266 e. The molecule has 1 heterocycles. The highest BCUT2D eigenvalue weighted by atomic mass is 35.5. The third kappa shape index (κ3) is 5.13. The molecule has 3 aromatic rings. The SMILES string of the molecule is COc1ccc2nc(N(CCN(C)C)C(=O)COc3ccc(Cl)cc3)sc2c1. The monoisotopic (exact) mass is 419 g/mol. The van der Waals surface area contributed by atoms with Crippen LogP contribution in [0.2, 0.25) is 5.02 Å². The molecule has 0 bridgehead atoms. The number of hydrogen-bond donors (Lipinski definition) is 0. The van der Waals surface area contributed by atoms with Crippen molar-refractivity contribution in [1.82, 2.24) is 9.88 Å². The molecular weight excluding hydrogens is 398 g/mol. The second kappa shape index (κ2) is 9.23. The van der Waals surface area contributed by atoms with Crippen LogP contribution in [0.15, 0.2) is 42.5 Å². The summed E-state index contributed by atoms with van der Waals surface area (Å²) in [6.07, 6.45) is 0. The molecule has 0 aliphatic heterocycles. The molecule has 148 valence electrons. The molecule has 6 nitrogen and oxygen atoms in total. The van der Waals surface area contributed by atoms with E-state index in [1.165, 1.54) is 11.3 Å². The van der Waals surface area contributed by atoms with E-state index in [9.17, 15) is 4.79 Å². The van der Waals surface area contributed by atoms with Crippen molar-refractivity contribution in [3.63, 3.8) is 0 Å². The molecule has 0 atom stereocenters. The van der Waals surface area contributed by atoms with Gasteiger partial charge >= 0.3 is 0 Å². The average Bonchev–Trinajstić information content (AvgIpc) is 3.10. The average molecular weight is 420 g/mol. The lowest BCUT2D eigenvalue weighted by Crippen LogP contribution is -2.39. The topological polar surface area (TPSA) is 54.9 Å². The van der Waals surface area contributed by atoms with Crippen LogP contribution in [0.5, 0.6) is 11.5 Å². The highest BCUT2D eigenvalue weighted by Gasteiger charge is 2.20. The first-order chi connectivity index (χ1) is 13.5. The Kier molecular flexibility index (Phi) is 6.72. The Morgan fingerprint density at radius 1 is 1.11 bits per heavy atom. The second-order valence-electron chi connectivity index (χ2n) is 6.42. The van der Waals surface area contributed by atoms with Crippen molar-refractivity contribution in [3.8, 4) is 11.5 Å².